The van der Waals surface area contributed by atoms with Gasteiger partial charge in [-0.05, 0) is 65.0 Å². The summed E-state index contributed by atoms with van der Waals surface area (Å²) in [5, 5.41) is 0.485. The van der Waals surface area contributed by atoms with Gasteiger partial charge >= 0.3 is 0 Å². The summed E-state index contributed by atoms with van der Waals surface area (Å²) in [6, 6.07) is 9.16. The molecule has 9 heteroatoms. The Labute approximate surface area is 176 Å². The fourth-order valence-corrected chi connectivity index (χ4v) is 4.13. The lowest BCUT2D eigenvalue weighted by molar-refractivity contribution is -0.153. The minimum atomic E-state index is -3.72. The minimum absolute atomic E-state index is 0.0894. The molecule has 0 aliphatic rings. The number of ether oxygens (including phenoxy) is 1. The van der Waals surface area contributed by atoms with Crippen molar-refractivity contribution in [3.63, 3.8) is 0 Å². The van der Waals surface area contributed by atoms with Crippen LogP contribution in [0.1, 0.15) is 34.6 Å². The van der Waals surface area contributed by atoms with Gasteiger partial charge in [-0.3, -0.25) is 9.63 Å². The second-order valence-corrected chi connectivity index (χ2v) is 10.6. The molecule has 0 aliphatic heterocycles. The molecule has 0 spiro atoms. The lowest BCUT2D eigenvalue weighted by Crippen LogP contribution is -2.44. The van der Waals surface area contributed by atoms with Gasteiger partial charge in [-0.15, -0.1) is 0 Å². The van der Waals surface area contributed by atoms with Crippen molar-refractivity contribution in [1.29, 1.82) is 0 Å². The van der Waals surface area contributed by atoms with Crippen molar-refractivity contribution in [2.45, 2.75) is 45.1 Å². The standard InChI is InChI=1S/C20H25ClN2O5S/c1-19(2,3)28-23-18(24)20(4,5)13-29(25,26)16-9-7-15(8-10-16)27-17-11-6-14(21)12-22-17/h6-12H,13H2,1-5H3,(H,23,24). The highest BCUT2D eigenvalue weighted by molar-refractivity contribution is 7.91. The first-order chi connectivity index (χ1) is 13.3. The van der Waals surface area contributed by atoms with E-state index in [1.54, 1.807) is 46.8 Å². The van der Waals surface area contributed by atoms with Crippen LogP contribution in [0.25, 0.3) is 0 Å². The van der Waals surface area contributed by atoms with Crippen LogP contribution in [0.15, 0.2) is 47.5 Å². The first-order valence-corrected chi connectivity index (χ1v) is 10.9. The molecule has 0 unspecified atom stereocenters. The highest BCUT2D eigenvalue weighted by atomic mass is 35.5. The van der Waals surface area contributed by atoms with Crippen molar-refractivity contribution in [3.8, 4) is 11.6 Å². The Morgan fingerprint density at radius 1 is 1.07 bits per heavy atom. The van der Waals surface area contributed by atoms with Crippen molar-refractivity contribution in [2.24, 2.45) is 5.41 Å². The molecule has 0 saturated carbocycles. The molecule has 0 saturated heterocycles. The number of nitrogens with one attached hydrogen (secondary N) is 1. The summed E-state index contributed by atoms with van der Waals surface area (Å²) in [5.74, 6) is -0.126. The molecule has 2 rings (SSSR count). The average Bonchev–Trinajstić information content (AvgIpc) is 2.60. The van der Waals surface area contributed by atoms with Gasteiger partial charge in [-0.2, -0.15) is 0 Å². The average molecular weight is 441 g/mol. The van der Waals surface area contributed by atoms with E-state index in [2.05, 4.69) is 10.5 Å². The molecule has 0 fully saturated rings. The third-order valence-corrected chi connectivity index (χ3v) is 6.04. The number of aromatic nitrogens is 1. The van der Waals surface area contributed by atoms with Gasteiger partial charge in [0, 0.05) is 12.3 Å². The fourth-order valence-electron chi connectivity index (χ4n) is 2.22. The third kappa shape index (κ3) is 6.99. The number of carbonyl (C=O) groups is 1. The number of halogens is 1. The van der Waals surface area contributed by atoms with Crippen LogP contribution in [0.4, 0.5) is 0 Å². The first kappa shape index (κ1) is 23.1. The summed E-state index contributed by atoms with van der Waals surface area (Å²) in [6.45, 7) is 8.44. The van der Waals surface area contributed by atoms with E-state index in [9.17, 15) is 13.2 Å². The van der Waals surface area contributed by atoms with Gasteiger partial charge in [-0.25, -0.2) is 18.9 Å². The molecule has 1 aromatic carbocycles. The van der Waals surface area contributed by atoms with Gasteiger partial charge in [0.2, 0.25) is 11.8 Å². The number of hydrogen-bond donors (Lipinski definition) is 1. The molecule has 1 heterocycles. The van der Waals surface area contributed by atoms with E-state index in [1.807, 2.05) is 0 Å². The van der Waals surface area contributed by atoms with Gasteiger partial charge in [0.05, 0.1) is 26.7 Å². The molecule has 0 atom stereocenters. The van der Waals surface area contributed by atoms with Crippen LogP contribution in [0.3, 0.4) is 0 Å². The number of pyridine rings is 1. The summed E-state index contributed by atoms with van der Waals surface area (Å²) < 4.78 is 31.1. The molecule has 1 amide bonds. The molecule has 29 heavy (non-hydrogen) atoms. The lowest BCUT2D eigenvalue weighted by Gasteiger charge is -2.26. The number of carbonyl (C=O) groups excluding carboxylic acids is 1. The predicted octanol–water partition coefficient (Wildman–Crippen LogP) is 4.17. The normalized spacial score (nSPS) is 12.5. The maximum absolute atomic E-state index is 12.8. The zero-order valence-corrected chi connectivity index (χ0v) is 18.6. The fraction of sp³-hybridized carbons (Fsp3) is 0.400. The topological polar surface area (TPSA) is 94.6 Å². The van der Waals surface area contributed by atoms with Gasteiger partial charge < -0.3 is 4.74 Å². The number of benzene rings is 1. The number of sulfone groups is 1. The Morgan fingerprint density at radius 2 is 1.69 bits per heavy atom. The Bertz CT molecular complexity index is 950. The van der Waals surface area contributed by atoms with Crippen molar-refractivity contribution in [2.75, 3.05) is 5.75 Å². The number of hydroxylamine groups is 1. The largest absolute Gasteiger partial charge is 0.439 e. The van der Waals surface area contributed by atoms with Crippen LogP contribution in [0, 0.1) is 5.41 Å². The zero-order chi connectivity index (χ0) is 21.9. The smallest absolute Gasteiger partial charge is 0.250 e. The molecule has 158 valence electrons. The second kappa shape index (κ2) is 8.69. The summed E-state index contributed by atoms with van der Waals surface area (Å²) in [4.78, 5) is 21.7. The number of nitrogens with zero attached hydrogens (tertiary/aromatic N) is 1. The first-order valence-electron chi connectivity index (χ1n) is 8.89. The molecule has 1 N–H and O–H groups in total. The van der Waals surface area contributed by atoms with E-state index in [0.29, 0.717) is 16.7 Å². The minimum Gasteiger partial charge on any atom is -0.439 e. The lowest BCUT2D eigenvalue weighted by atomic mass is 9.96. The maximum atomic E-state index is 12.8. The van der Waals surface area contributed by atoms with E-state index in [1.165, 1.54) is 30.5 Å². The predicted molar refractivity (Wildman–Crippen MR) is 111 cm³/mol. The van der Waals surface area contributed by atoms with Crippen molar-refractivity contribution < 1.29 is 22.8 Å². The molecule has 0 bridgehead atoms. The molecule has 0 radical (unpaired) electrons. The Balaban J connectivity index is 2.08. The van der Waals surface area contributed by atoms with Crippen molar-refractivity contribution in [3.05, 3.63) is 47.6 Å². The van der Waals surface area contributed by atoms with Crippen molar-refractivity contribution in [1.82, 2.24) is 10.5 Å². The van der Waals surface area contributed by atoms with Crippen LogP contribution >= 0.6 is 11.6 Å². The maximum Gasteiger partial charge on any atom is 0.250 e. The summed E-state index contributed by atoms with van der Waals surface area (Å²) >= 11 is 5.78. The highest BCUT2D eigenvalue weighted by Crippen LogP contribution is 2.26. The van der Waals surface area contributed by atoms with Gasteiger partial charge in [0.15, 0.2) is 9.84 Å². The van der Waals surface area contributed by atoms with Gasteiger partial charge in [-0.1, -0.05) is 11.6 Å². The highest BCUT2D eigenvalue weighted by Gasteiger charge is 2.35. The van der Waals surface area contributed by atoms with Gasteiger partial charge in [0.25, 0.3) is 0 Å². The Hall–Kier alpha value is -2.16. The zero-order valence-electron chi connectivity index (χ0n) is 17.0. The van der Waals surface area contributed by atoms with Crippen LogP contribution in [0.5, 0.6) is 11.6 Å². The van der Waals surface area contributed by atoms with Crippen LogP contribution in [0.2, 0.25) is 5.02 Å². The molecule has 2 aromatic rings. The summed E-state index contributed by atoms with van der Waals surface area (Å²) in [7, 11) is -3.72. The molecule has 0 aliphatic carbocycles. The van der Waals surface area contributed by atoms with E-state index in [4.69, 9.17) is 21.2 Å². The molecular weight excluding hydrogens is 416 g/mol. The second-order valence-electron chi connectivity index (χ2n) is 8.18. The number of amides is 1. The molecule has 1 aromatic heterocycles. The molecular formula is C20H25ClN2O5S. The Kier molecular flexibility index (Phi) is 6.93. The summed E-state index contributed by atoms with van der Waals surface area (Å²) in [6.07, 6.45) is 1.45. The number of rotatable bonds is 7. The number of hydrogen-bond acceptors (Lipinski definition) is 6. The Morgan fingerprint density at radius 3 is 2.21 bits per heavy atom. The van der Waals surface area contributed by atoms with Gasteiger partial charge in [0.1, 0.15) is 5.75 Å². The quantitative estimate of drug-likeness (QED) is 0.649. The third-order valence-electron chi connectivity index (χ3n) is 3.72. The van der Waals surface area contributed by atoms with Crippen LogP contribution < -0.4 is 10.2 Å². The van der Waals surface area contributed by atoms with Crippen LogP contribution in [-0.2, 0) is 19.5 Å². The van der Waals surface area contributed by atoms with E-state index in [0.717, 1.165) is 0 Å². The SMILES string of the molecule is CC(C)(C)ONC(=O)C(C)(C)CS(=O)(=O)c1ccc(Oc2ccc(Cl)cn2)cc1. The van der Waals surface area contributed by atoms with Crippen LogP contribution in [-0.4, -0.2) is 30.7 Å². The van der Waals surface area contributed by atoms with E-state index in [-0.39, 0.29) is 10.6 Å². The van der Waals surface area contributed by atoms with E-state index >= 15 is 0 Å². The van der Waals surface area contributed by atoms with E-state index < -0.39 is 26.8 Å². The summed E-state index contributed by atoms with van der Waals surface area (Å²) in [5.41, 5.74) is 0.566. The van der Waals surface area contributed by atoms with Crippen molar-refractivity contribution >= 4 is 27.3 Å². The molecule has 7 nitrogen and oxygen atoms in total. The monoisotopic (exact) mass is 440 g/mol.